The molecule has 2 N–H and O–H groups in total. The number of ether oxygens (including phenoxy) is 7. The number of aliphatic hydroxyl groups is 1. The van der Waals surface area contributed by atoms with Crippen molar-refractivity contribution in [2.24, 2.45) is 23.7 Å². The van der Waals surface area contributed by atoms with E-state index in [1.54, 1.807) is 20.8 Å². The van der Waals surface area contributed by atoms with Crippen LogP contribution in [0.3, 0.4) is 0 Å². The third kappa shape index (κ3) is 10.1. The summed E-state index contributed by atoms with van der Waals surface area (Å²) in [5.74, 6) is -4.22. The van der Waals surface area contributed by atoms with Crippen molar-refractivity contribution in [1.82, 2.24) is 10.2 Å². The number of likely N-dealkylation sites (N-methyl/N-ethyl adjacent to an activating group) is 1. The van der Waals surface area contributed by atoms with Crippen LogP contribution in [-0.4, -0.2) is 127 Å². The maximum atomic E-state index is 14.6. The predicted molar refractivity (Wildman–Crippen MR) is 214 cm³/mol. The Morgan fingerprint density at radius 1 is 1.02 bits per heavy atom. The second-order valence-electron chi connectivity index (χ2n) is 18.1. The van der Waals surface area contributed by atoms with Crippen LogP contribution in [-0.2, 0) is 54.0 Å². The molecular formula is C44H68N2O12. The first kappa shape index (κ1) is 45.9. The fourth-order valence-corrected chi connectivity index (χ4v) is 9.87. The molecule has 1 aromatic carbocycles. The van der Waals surface area contributed by atoms with E-state index in [1.165, 1.54) is 6.92 Å². The number of benzene rings is 1. The standard InChI is InChI=1S/C44H68N2O12/c1-12-33-43(9)37(45-41(50)58-43)27(4)34(48)25(2)22-42(8)38(57-40-36(55-30(7)47)32(46(10)11)21-26(3)54-40)28(5)35(29(6)39(49)56-33)52-23-44(51,24-53-42)20-16-19-31-17-14-13-15-18-31/h13-15,17-18,25-29,32-33,35-38,40,51H,12,16,19-24H2,1-11H3,(H,45,50)/t25-,26-,27+,28+,29-,32+,33-,35+,36-,37-,38-,40+,42-,43-,44?/m1/s1. The number of cyclic esters (lactones) is 1. The molecule has 4 saturated heterocycles. The summed E-state index contributed by atoms with van der Waals surface area (Å²) in [6.07, 6.45) is -2.93. The van der Waals surface area contributed by atoms with Crippen LogP contribution in [0.2, 0.25) is 0 Å². The van der Waals surface area contributed by atoms with Gasteiger partial charge >= 0.3 is 18.0 Å². The van der Waals surface area contributed by atoms with Crippen molar-refractivity contribution in [3.8, 4) is 0 Å². The molecule has 1 unspecified atom stereocenters. The number of rotatable bonds is 9. The molecule has 2 bridgehead atoms. The van der Waals surface area contributed by atoms with Crippen molar-refractivity contribution in [2.45, 2.75) is 167 Å². The summed E-state index contributed by atoms with van der Waals surface area (Å²) in [7, 11) is 3.82. The van der Waals surface area contributed by atoms with E-state index in [0.29, 0.717) is 25.7 Å². The third-order valence-electron chi connectivity index (χ3n) is 13.1. The minimum atomic E-state index is -1.48. The second-order valence-corrected chi connectivity index (χ2v) is 18.1. The molecule has 326 valence electrons. The minimum Gasteiger partial charge on any atom is -0.458 e. The number of aryl methyl sites for hydroxylation is 1. The molecule has 0 saturated carbocycles. The molecule has 58 heavy (non-hydrogen) atoms. The molecule has 4 fully saturated rings. The Balaban J connectivity index is 1.63. The molecule has 0 spiro atoms. The Labute approximate surface area is 344 Å². The molecule has 0 radical (unpaired) electrons. The van der Waals surface area contributed by atoms with E-state index >= 15 is 0 Å². The number of esters is 2. The van der Waals surface area contributed by atoms with E-state index in [2.05, 4.69) is 5.32 Å². The summed E-state index contributed by atoms with van der Waals surface area (Å²) in [5.41, 5.74) is -3.01. The molecule has 14 heteroatoms. The predicted octanol–water partition coefficient (Wildman–Crippen LogP) is 5.00. The number of nitrogens with one attached hydrogen (secondary N) is 1. The summed E-state index contributed by atoms with van der Waals surface area (Å²) < 4.78 is 45.2. The van der Waals surface area contributed by atoms with E-state index in [0.717, 1.165) is 12.0 Å². The zero-order valence-corrected chi connectivity index (χ0v) is 36.4. The van der Waals surface area contributed by atoms with Gasteiger partial charge in [0.15, 0.2) is 18.0 Å². The third-order valence-corrected chi connectivity index (χ3v) is 13.1. The topological polar surface area (TPSA) is 168 Å². The summed E-state index contributed by atoms with van der Waals surface area (Å²) in [4.78, 5) is 56.4. The molecule has 4 heterocycles. The number of amides is 1. The highest BCUT2D eigenvalue weighted by atomic mass is 16.7. The highest BCUT2D eigenvalue weighted by Crippen LogP contribution is 2.43. The monoisotopic (exact) mass is 816 g/mol. The highest BCUT2D eigenvalue weighted by molar-refractivity contribution is 5.85. The fraction of sp³-hybridized carbons (Fsp3) is 0.773. The number of nitrogens with zero attached hydrogens (tertiary/aromatic N) is 1. The van der Waals surface area contributed by atoms with Crippen molar-refractivity contribution >= 4 is 23.8 Å². The quantitative estimate of drug-likeness (QED) is 0.253. The lowest BCUT2D eigenvalue weighted by Crippen LogP contribution is -2.61. The molecule has 1 amide bonds. The molecule has 0 aromatic heterocycles. The summed E-state index contributed by atoms with van der Waals surface area (Å²) >= 11 is 0. The van der Waals surface area contributed by atoms with Crippen LogP contribution in [0.25, 0.3) is 0 Å². The van der Waals surface area contributed by atoms with Gasteiger partial charge in [-0.1, -0.05) is 58.0 Å². The Hall–Kier alpha value is -3.14. The van der Waals surface area contributed by atoms with Crippen LogP contribution >= 0.6 is 0 Å². The van der Waals surface area contributed by atoms with E-state index in [4.69, 9.17) is 33.2 Å². The van der Waals surface area contributed by atoms with Gasteiger partial charge in [-0.2, -0.15) is 0 Å². The van der Waals surface area contributed by atoms with Crippen LogP contribution in [0.4, 0.5) is 4.79 Å². The normalized spacial score (nSPS) is 41.6. The van der Waals surface area contributed by atoms with Crippen LogP contribution < -0.4 is 5.32 Å². The van der Waals surface area contributed by atoms with Gasteiger partial charge in [-0.15, -0.1) is 0 Å². The van der Waals surface area contributed by atoms with Gasteiger partial charge in [0.25, 0.3) is 0 Å². The maximum Gasteiger partial charge on any atom is 0.408 e. The number of alkyl carbamates (subject to hydrolysis) is 1. The SMILES string of the molecule is CC[C@H]1OC(=O)[C@H](C)[C@H]2OCC(O)(CCCc3ccccc3)CO[C@](C)(C[C@@H](C)C(=O)[C@H](C)[C@H]3NC(=O)O[C@@]31C)[C@H](O[C@@H]1O[C@H](C)C[C@H](N(C)C)[C@H]1OC(C)=O)[C@H]2C. The van der Waals surface area contributed by atoms with Gasteiger partial charge in [0.05, 0.1) is 55.1 Å². The van der Waals surface area contributed by atoms with Crippen molar-refractivity contribution in [3.63, 3.8) is 0 Å². The largest absolute Gasteiger partial charge is 0.458 e. The Bertz CT molecular complexity index is 1590. The molecule has 0 aliphatic carbocycles. The first-order valence-electron chi connectivity index (χ1n) is 21.1. The first-order chi connectivity index (χ1) is 27.2. The number of carbonyl (C=O) groups is 4. The smallest absolute Gasteiger partial charge is 0.408 e. The number of Topliss-reactive ketones (excluding diaryl/α,β-unsaturated/α-hetero) is 1. The fourth-order valence-electron chi connectivity index (χ4n) is 9.87. The number of hydrogen-bond donors (Lipinski definition) is 2. The molecule has 14 nitrogen and oxygen atoms in total. The number of carbonyl (C=O) groups excluding carboxylic acids is 4. The molecule has 4 aliphatic rings. The number of ketones is 1. The van der Waals surface area contributed by atoms with Gasteiger partial charge in [0.1, 0.15) is 17.5 Å². The van der Waals surface area contributed by atoms with Crippen molar-refractivity contribution < 1.29 is 57.4 Å². The minimum absolute atomic E-state index is 0.129. The average Bonchev–Trinajstić information content (AvgIpc) is 3.49. The molecular weight excluding hydrogens is 748 g/mol. The van der Waals surface area contributed by atoms with Crippen molar-refractivity contribution in [1.29, 1.82) is 0 Å². The Morgan fingerprint density at radius 3 is 2.34 bits per heavy atom. The van der Waals surface area contributed by atoms with Crippen LogP contribution in [0, 0.1) is 23.7 Å². The first-order valence-corrected chi connectivity index (χ1v) is 21.1. The van der Waals surface area contributed by atoms with Crippen LogP contribution in [0.5, 0.6) is 0 Å². The van der Waals surface area contributed by atoms with Gasteiger partial charge in [-0.05, 0) is 85.9 Å². The zero-order valence-electron chi connectivity index (χ0n) is 36.4. The van der Waals surface area contributed by atoms with Gasteiger partial charge in [0, 0.05) is 24.7 Å². The molecule has 15 atom stereocenters. The van der Waals surface area contributed by atoms with Gasteiger partial charge < -0.3 is 48.5 Å². The van der Waals surface area contributed by atoms with E-state index in [9.17, 15) is 24.3 Å². The number of fused-ring (bicyclic) bond motifs is 4. The van der Waals surface area contributed by atoms with E-state index in [-0.39, 0.29) is 37.6 Å². The van der Waals surface area contributed by atoms with Crippen LogP contribution in [0.15, 0.2) is 30.3 Å². The molecule has 5 rings (SSSR count). The Morgan fingerprint density at radius 2 is 1.71 bits per heavy atom. The lowest BCUT2D eigenvalue weighted by Gasteiger charge is -2.49. The lowest BCUT2D eigenvalue weighted by atomic mass is 9.73. The number of hydrogen-bond acceptors (Lipinski definition) is 13. The summed E-state index contributed by atoms with van der Waals surface area (Å²) in [5, 5.41) is 15.2. The van der Waals surface area contributed by atoms with Crippen molar-refractivity contribution in [3.05, 3.63) is 35.9 Å². The highest BCUT2D eigenvalue weighted by Gasteiger charge is 2.58. The Kier molecular flexibility index (Phi) is 14.8. The van der Waals surface area contributed by atoms with Crippen LogP contribution in [0.1, 0.15) is 100.0 Å². The van der Waals surface area contributed by atoms with E-state index < -0.39 is 95.3 Å². The van der Waals surface area contributed by atoms with Crippen molar-refractivity contribution in [2.75, 3.05) is 27.3 Å². The lowest BCUT2D eigenvalue weighted by molar-refractivity contribution is -0.305. The zero-order chi connectivity index (χ0) is 42.7. The van der Waals surface area contributed by atoms with Gasteiger partial charge in [-0.25, -0.2) is 4.79 Å². The average molecular weight is 817 g/mol. The maximum absolute atomic E-state index is 14.6. The molecule has 4 aliphatic heterocycles. The summed E-state index contributed by atoms with van der Waals surface area (Å²) in [6.45, 7) is 15.6. The van der Waals surface area contributed by atoms with E-state index in [1.807, 2.05) is 83.9 Å². The van der Waals surface area contributed by atoms with Gasteiger partial charge in [-0.3, -0.25) is 14.4 Å². The summed E-state index contributed by atoms with van der Waals surface area (Å²) in [6, 6.07) is 8.96. The molecule has 1 aromatic rings. The second kappa shape index (κ2) is 18.6. The van der Waals surface area contributed by atoms with Gasteiger partial charge in [0.2, 0.25) is 0 Å².